The van der Waals surface area contributed by atoms with E-state index in [1.165, 1.54) is 13.2 Å². The van der Waals surface area contributed by atoms with Crippen LogP contribution in [0.5, 0.6) is 0 Å². The molecule has 0 fully saturated rings. The Morgan fingerprint density at radius 3 is 2.08 bits per heavy atom. The van der Waals surface area contributed by atoms with Gasteiger partial charge in [0.2, 0.25) is 0 Å². The Bertz CT molecular complexity index is 531. The highest BCUT2D eigenvalue weighted by Gasteiger charge is 2.23. The van der Waals surface area contributed by atoms with Gasteiger partial charge >= 0.3 is 0 Å². The third kappa shape index (κ3) is 5.21. The molecule has 1 rings (SSSR count). The lowest BCUT2D eigenvalue weighted by atomic mass is 10.1. The van der Waals surface area contributed by atoms with E-state index in [1.54, 1.807) is 0 Å². The van der Waals surface area contributed by atoms with Crippen LogP contribution < -0.4 is 5.32 Å². The summed E-state index contributed by atoms with van der Waals surface area (Å²) in [5.74, 6) is -5.65. The van der Waals surface area contributed by atoms with Gasteiger partial charge in [0.1, 0.15) is 5.69 Å². The normalized spacial score (nSPS) is 11.7. The van der Waals surface area contributed by atoms with Crippen LogP contribution in [0.3, 0.4) is 0 Å². The van der Waals surface area contributed by atoms with Gasteiger partial charge in [-0.2, -0.15) is 0 Å². The molecule has 0 unspecified atom stereocenters. The average Bonchev–Trinajstić information content (AvgIpc) is 2.59. The Kier molecular flexibility index (Phi) is 8.78. The van der Waals surface area contributed by atoms with E-state index in [9.17, 15) is 17.6 Å². The van der Waals surface area contributed by atoms with E-state index < -0.39 is 34.5 Å². The highest BCUT2D eigenvalue weighted by Crippen LogP contribution is 2.29. The summed E-state index contributed by atoms with van der Waals surface area (Å²) in [4.78, 5) is 1.99. The summed E-state index contributed by atoms with van der Waals surface area (Å²) in [7, 11) is 1.49. The molecule has 0 saturated carbocycles. The highest BCUT2D eigenvalue weighted by atomic mass is 19.2. The molecular formula is C17H24F4N2O. The molecule has 0 heterocycles. The molecule has 1 N–H and O–H groups in total. The first kappa shape index (κ1) is 20.4. The molecule has 0 radical (unpaired) electrons. The number of likely N-dealkylation sites (N-methyl/N-ethyl adjacent to an activating group) is 1. The van der Waals surface area contributed by atoms with Gasteiger partial charge in [0.15, 0.2) is 23.3 Å². The molecule has 7 heteroatoms. The molecule has 1 aromatic carbocycles. The predicted octanol–water partition coefficient (Wildman–Crippen LogP) is 4.05. The lowest BCUT2D eigenvalue weighted by Crippen LogP contribution is -2.22. The van der Waals surface area contributed by atoms with Crippen LogP contribution in [0.2, 0.25) is 0 Å². The zero-order valence-electron chi connectivity index (χ0n) is 14.3. The number of nitrogens with zero attached hydrogens (tertiary/aromatic N) is 1. The van der Waals surface area contributed by atoms with Crippen molar-refractivity contribution < 1.29 is 22.3 Å². The van der Waals surface area contributed by atoms with Crippen molar-refractivity contribution in [1.29, 1.82) is 0 Å². The fraction of sp³-hybridized carbons (Fsp3) is 0.529. The maximum Gasteiger partial charge on any atom is 0.185 e. The van der Waals surface area contributed by atoms with Crippen molar-refractivity contribution in [2.24, 2.45) is 0 Å². The number of methoxy groups -OCH3 is 1. The first-order valence-corrected chi connectivity index (χ1v) is 7.95. The van der Waals surface area contributed by atoms with Crippen molar-refractivity contribution in [3.8, 4) is 0 Å². The van der Waals surface area contributed by atoms with E-state index in [1.807, 2.05) is 18.7 Å². The van der Waals surface area contributed by atoms with Gasteiger partial charge in [0.05, 0.1) is 5.56 Å². The van der Waals surface area contributed by atoms with Gasteiger partial charge in [-0.1, -0.05) is 26.0 Å². The number of benzene rings is 1. The van der Waals surface area contributed by atoms with Crippen molar-refractivity contribution in [1.82, 2.24) is 4.90 Å². The van der Waals surface area contributed by atoms with Crippen molar-refractivity contribution in [2.75, 3.05) is 45.2 Å². The topological polar surface area (TPSA) is 24.5 Å². The summed E-state index contributed by atoms with van der Waals surface area (Å²) in [5, 5.41) is 2.38. The van der Waals surface area contributed by atoms with Gasteiger partial charge in [0.25, 0.3) is 0 Å². The van der Waals surface area contributed by atoms with Crippen molar-refractivity contribution in [3.63, 3.8) is 0 Å². The Labute approximate surface area is 140 Å². The fourth-order valence-electron chi connectivity index (χ4n) is 2.18. The maximum absolute atomic E-state index is 14.1. The van der Waals surface area contributed by atoms with Gasteiger partial charge < -0.3 is 15.0 Å². The lowest BCUT2D eigenvalue weighted by molar-refractivity contribution is 0.197. The van der Waals surface area contributed by atoms with Gasteiger partial charge in [-0.05, 0) is 19.5 Å². The van der Waals surface area contributed by atoms with E-state index in [-0.39, 0.29) is 6.54 Å². The van der Waals surface area contributed by atoms with Crippen molar-refractivity contribution in [2.45, 2.75) is 20.3 Å². The van der Waals surface area contributed by atoms with Crippen LogP contribution in [0.15, 0.2) is 6.08 Å². The number of anilines is 1. The van der Waals surface area contributed by atoms with Gasteiger partial charge in [-0.15, -0.1) is 0 Å². The summed E-state index contributed by atoms with van der Waals surface area (Å²) in [6.07, 6.45) is 3.01. The third-order valence-corrected chi connectivity index (χ3v) is 3.67. The Morgan fingerprint density at radius 1 is 1.00 bits per heavy atom. The van der Waals surface area contributed by atoms with Crippen LogP contribution in [0.4, 0.5) is 23.2 Å². The van der Waals surface area contributed by atoms with E-state index >= 15 is 0 Å². The highest BCUT2D eigenvalue weighted by molar-refractivity contribution is 5.58. The summed E-state index contributed by atoms with van der Waals surface area (Å²) < 4.78 is 60.9. The zero-order chi connectivity index (χ0) is 18.1. The quantitative estimate of drug-likeness (QED) is 0.392. The number of ether oxygens (including phenoxy) is 1. The molecule has 3 nitrogen and oxygen atoms in total. The van der Waals surface area contributed by atoms with Gasteiger partial charge in [-0.25, -0.2) is 17.6 Å². The molecular weight excluding hydrogens is 324 g/mol. The summed E-state index contributed by atoms with van der Waals surface area (Å²) in [6.45, 7) is 6.36. The fourth-order valence-corrected chi connectivity index (χ4v) is 2.18. The molecule has 136 valence electrons. The second-order valence-corrected chi connectivity index (χ2v) is 5.21. The summed E-state index contributed by atoms with van der Waals surface area (Å²) in [5.41, 5.74) is -1.50. The first-order chi connectivity index (χ1) is 11.5. The molecule has 0 aromatic heterocycles. The Morgan fingerprint density at radius 2 is 1.58 bits per heavy atom. The molecule has 0 amide bonds. The molecule has 0 aliphatic carbocycles. The minimum Gasteiger partial charge on any atom is -0.385 e. The van der Waals surface area contributed by atoms with Crippen LogP contribution >= 0.6 is 0 Å². The van der Waals surface area contributed by atoms with Crippen LogP contribution in [0.25, 0.3) is 6.08 Å². The van der Waals surface area contributed by atoms with Crippen LogP contribution in [-0.2, 0) is 4.74 Å². The van der Waals surface area contributed by atoms with E-state index in [4.69, 9.17) is 4.74 Å². The Hall–Kier alpha value is -1.60. The Balaban J connectivity index is 2.98. The molecule has 0 saturated heterocycles. The minimum absolute atomic E-state index is 0.137. The zero-order valence-corrected chi connectivity index (χ0v) is 14.3. The molecule has 0 aliphatic rings. The smallest absolute Gasteiger partial charge is 0.185 e. The van der Waals surface area contributed by atoms with E-state index in [0.717, 1.165) is 19.2 Å². The van der Waals surface area contributed by atoms with E-state index in [0.29, 0.717) is 19.6 Å². The molecule has 0 atom stereocenters. The summed E-state index contributed by atoms with van der Waals surface area (Å²) >= 11 is 0. The average molecular weight is 348 g/mol. The number of hydrogen-bond acceptors (Lipinski definition) is 3. The number of rotatable bonds is 10. The second-order valence-electron chi connectivity index (χ2n) is 5.21. The molecule has 0 bridgehead atoms. The molecule has 0 spiro atoms. The maximum atomic E-state index is 14.1. The standard InChI is InChI=1S/C17H24F4N2O/c1-4-23(5-2)10-6-8-12-13(18)15(20)17(16(21)14(12)19)22-9-7-11-24-3/h6,8,22H,4-5,7,9-11H2,1-3H3. The lowest BCUT2D eigenvalue weighted by Gasteiger charge is -2.15. The van der Waals surface area contributed by atoms with Gasteiger partial charge in [-0.3, -0.25) is 0 Å². The van der Waals surface area contributed by atoms with E-state index in [2.05, 4.69) is 5.32 Å². The largest absolute Gasteiger partial charge is 0.385 e. The minimum atomic E-state index is -1.42. The first-order valence-electron chi connectivity index (χ1n) is 7.95. The number of nitrogens with one attached hydrogen (secondary N) is 1. The van der Waals surface area contributed by atoms with Crippen LogP contribution in [0.1, 0.15) is 25.8 Å². The third-order valence-electron chi connectivity index (χ3n) is 3.67. The monoisotopic (exact) mass is 348 g/mol. The van der Waals surface area contributed by atoms with Crippen LogP contribution in [0, 0.1) is 23.3 Å². The second kappa shape index (κ2) is 10.3. The van der Waals surface area contributed by atoms with Gasteiger partial charge in [0, 0.05) is 26.8 Å². The predicted molar refractivity (Wildman–Crippen MR) is 88.1 cm³/mol. The SMILES string of the molecule is CCN(CC)CC=Cc1c(F)c(F)c(NCCCOC)c(F)c1F. The number of hydrogen-bond donors (Lipinski definition) is 1. The molecule has 24 heavy (non-hydrogen) atoms. The van der Waals surface area contributed by atoms with Crippen LogP contribution in [-0.4, -0.2) is 44.8 Å². The number of halogens is 4. The van der Waals surface area contributed by atoms with Crippen molar-refractivity contribution in [3.05, 3.63) is 34.9 Å². The van der Waals surface area contributed by atoms with Crippen molar-refractivity contribution >= 4 is 11.8 Å². The molecule has 0 aliphatic heterocycles. The summed E-state index contributed by atoms with van der Waals surface area (Å²) in [6, 6.07) is 0. The molecule has 1 aromatic rings.